The molecule has 0 spiro atoms. The SMILES string of the molecule is CC(C)C.[O-]O. The first kappa shape index (κ1) is 9.33. The second-order valence-corrected chi connectivity index (χ2v) is 1.73. The Labute approximate surface area is 38.4 Å². The van der Waals surface area contributed by atoms with E-state index in [9.17, 15) is 0 Å². The summed E-state index contributed by atoms with van der Waals surface area (Å²) in [6.07, 6.45) is 0. The van der Waals surface area contributed by atoms with E-state index in [-0.39, 0.29) is 0 Å². The molecule has 0 aromatic rings. The highest BCUT2D eigenvalue weighted by Gasteiger charge is 1.68. The lowest BCUT2D eigenvalue weighted by molar-refractivity contribution is -0.670. The van der Waals surface area contributed by atoms with Crippen LogP contribution < -0.4 is 5.26 Å². The minimum Gasteiger partial charge on any atom is -0.727 e. The summed E-state index contributed by atoms with van der Waals surface area (Å²) in [4.78, 5) is 0. The van der Waals surface area contributed by atoms with E-state index in [2.05, 4.69) is 20.8 Å². The molecule has 0 bridgehead atoms. The molecule has 2 nitrogen and oxygen atoms in total. The molecule has 1 N–H and O–H groups in total. The molecule has 0 aromatic heterocycles. The molecule has 40 valence electrons. The zero-order valence-corrected chi connectivity index (χ0v) is 4.43. The summed E-state index contributed by atoms with van der Waals surface area (Å²) in [5.74, 6) is 0.833. The van der Waals surface area contributed by atoms with Crippen LogP contribution in [0.25, 0.3) is 0 Å². The van der Waals surface area contributed by atoms with E-state index < -0.39 is 0 Å². The Balaban J connectivity index is 0. The van der Waals surface area contributed by atoms with E-state index in [1.807, 2.05) is 0 Å². The average molecular weight is 91.1 g/mol. The molecule has 2 heteroatoms. The van der Waals surface area contributed by atoms with E-state index in [0.717, 1.165) is 5.92 Å². The summed E-state index contributed by atoms with van der Waals surface area (Å²) in [6.45, 7) is 6.50. The largest absolute Gasteiger partial charge is 0.727 e. The molecule has 0 aliphatic carbocycles. The van der Waals surface area contributed by atoms with Crippen LogP contribution in [0.5, 0.6) is 0 Å². The Morgan fingerprint density at radius 1 is 1.17 bits per heavy atom. The molecule has 0 saturated carbocycles. The lowest BCUT2D eigenvalue weighted by Crippen LogP contribution is -1.84. The molecule has 0 rings (SSSR count). The van der Waals surface area contributed by atoms with Gasteiger partial charge in [0.2, 0.25) is 0 Å². The molecule has 0 aromatic carbocycles. The smallest absolute Gasteiger partial charge is 0.0500 e. The van der Waals surface area contributed by atoms with E-state index in [1.54, 1.807) is 0 Å². The average Bonchev–Trinajstić information content (AvgIpc) is 1.41. The third-order valence-corrected chi connectivity index (χ3v) is 0. The molecule has 0 aliphatic heterocycles. The lowest BCUT2D eigenvalue weighted by Gasteiger charge is -1.79. The number of rotatable bonds is 0. The van der Waals surface area contributed by atoms with Gasteiger partial charge in [-0.2, -0.15) is 0 Å². The first-order valence-corrected chi connectivity index (χ1v) is 1.91. The van der Waals surface area contributed by atoms with E-state index >= 15 is 0 Å². The quantitative estimate of drug-likeness (QED) is 0.348. The van der Waals surface area contributed by atoms with Gasteiger partial charge in [-0.1, -0.05) is 20.8 Å². The van der Waals surface area contributed by atoms with Gasteiger partial charge in [-0.05, 0) is 5.92 Å². The molecule has 0 atom stereocenters. The fourth-order valence-corrected chi connectivity index (χ4v) is 0. The first-order chi connectivity index (χ1) is 2.73. The lowest BCUT2D eigenvalue weighted by atomic mass is 10.3. The van der Waals surface area contributed by atoms with Crippen molar-refractivity contribution in [3.63, 3.8) is 0 Å². The highest BCUT2D eigenvalue weighted by Crippen LogP contribution is 1.81. The van der Waals surface area contributed by atoms with Gasteiger partial charge in [-0.15, -0.1) is 0 Å². The Kier molecular flexibility index (Phi) is 13.8. The molecule has 0 aliphatic rings. The molecule has 6 heavy (non-hydrogen) atoms. The third-order valence-electron chi connectivity index (χ3n) is 0. The van der Waals surface area contributed by atoms with Crippen molar-refractivity contribution in [3.8, 4) is 0 Å². The molecular formula is C4H11O2-. The van der Waals surface area contributed by atoms with Gasteiger partial charge < -0.3 is 10.5 Å². The van der Waals surface area contributed by atoms with Crippen molar-refractivity contribution in [1.82, 2.24) is 0 Å². The van der Waals surface area contributed by atoms with Crippen LogP contribution in [0.15, 0.2) is 0 Å². The molecule has 0 unspecified atom stereocenters. The first-order valence-electron chi connectivity index (χ1n) is 1.91. The Hall–Kier alpha value is -0.0800. The Morgan fingerprint density at radius 2 is 1.17 bits per heavy atom. The van der Waals surface area contributed by atoms with Gasteiger partial charge in [0.15, 0.2) is 0 Å². The van der Waals surface area contributed by atoms with Crippen LogP contribution in [0.1, 0.15) is 20.8 Å². The van der Waals surface area contributed by atoms with Crippen molar-refractivity contribution in [2.45, 2.75) is 20.8 Å². The number of hydrogen-bond acceptors (Lipinski definition) is 2. The van der Waals surface area contributed by atoms with Crippen molar-refractivity contribution >= 4 is 0 Å². The summed E-state index contributed by atoms with van der Waals surface area (Å²) >= 11 is 0. The second-order valence-electron chi connectivity index (χ2n) is 1.73. The van der Waals surface area contributed by atoms with Gasteiger partial charge in [0.1, 0.15) is 0 Å². The summed E-state index contributed by atoms with van der Waals surface area (Å²) < 4.78 is 0. The van der Waals surface area contributed by atoms with Crippen LogP contribution in [-0.4, -0.2) is 5.26 Å². The van der Waals surface area contributed by atoms with Gasteiger partial charge in [0.05, 0.1) is 0 Å². The molecule has 0 heterocycles. The number of hydrogen-bond donors (Lipinski definition) is 1. The van der Waals surface area contributed by atoms with Crippen molar-refractivity contribution in [3.05, 3.63) is 0 Å². The summed E-state index contributed by atoms with van der Waals surface area (Å²) in [5.41, 5.74) is 0. The topological polar surface area (TPSA) is 43.3 Å². The standard InChI is InChI=1S/C4H10.H2O2/c1-4(2)3;1-2/h4H,1-3H3;1-2H/p-1. The van der Waals surface area contributed by atoms with Crippen molar-refractivity contribution in [2.24, 2.45) is 5.92 Å². The van der Waals surface area contributed by atoms with E-state index in [4.69, 9.17) is 10.5 Å². The predicted octanol–water partition coefficient (Wildman–Crippen LogP) is 0.482. The van der Waals surface area contributed by atoms with Crippen LogP contribution in [-0.2, 0) is 0 Å². The molecule has 0 radical (unpaired) electrons. The van der Waals surface area contributed by atoms with E-state index in [0.29, 0.717) is 0 Å². The molecular weight excluding hydrogens is 80.0 g/mol. The van der Waals surface area contributed by atoms with Gasteiger partial charge in [0.25, 0.3) is 0 Å². The van der Waals surface area contributed by atoms with Crippen LogP contribution >= 0.6 is 0 Å². The van der Waals surface area contributed by atoms with Crippen LogP contribution in [0.4, 0.5) is 0 Å². The maximum Gasteiger partial charge on any atom is -0.0500 e. The van der Waals surface area contributed by atoms with Crippen LogP contribution in [0, 0.1) is 5.92 Å². The van der Waals surface area contributed by atoms with Crippen LogP contribution in [0.2, 0.25) is 0 Å². The highest BCUT2D eigenvalue weighted by molar-refractivity contribution is 4.20. The van der Waals surface area contributed by atoms with Gasteiger partial charge in [-0.25, -0.2) is 0 Å². The van der Waals surface area contributed by atoms with Crippen molar-refractivity contribution < 1.29 is 10.5 Å². The normalized spacial score (nSPS) is 7.00. The third kappa shape index (κ3) is 5220. The monoisotopic (exact) mass is 91.1 g/mol. The highest BCUT2D eigenvalue weighted by atomic mass is 17.0. The molecule has 0 amide bonds. The minimum atomic E-state index is 0.833. The zero-order valence-electron chi connectivity index (χ0n) is 4.43. The summed E-state index contributed by atoms with van der Waals surface area (Å²) in [5, 5.41) is 13.0. The minimum absolute atomic E-state index is 0.833. The Morgan fingerprint density at radius 3 is 1.17 bits per heavy atom. The van der Waals surface area contributed by atoms with Crippen molar-refractivity contribution in [2.75, 3.05) is 0 Å². The zero-order chi connectivity index (χ0) is 5.58. The van der Waals surface area contributed by atoms with Crippen molar-refractivity contribution in [1.29, 1.82) is 0 Å². The predicted molar refractivity (Wildman–Crippen MR) is 23.1 cm³/mol. The maximum atomic E-state index is 7.25. The molecule has 0 fully saturated rings. The van der Waals surface area contributed by atoms with Gasteiger partial charge in [0, 0.05) is 0 Å². The molecule has 0 saturated heterocycles. The van der Waals surface area contributed by atoms with Gasteiger partial charge in [-0.3, -0.25) is 0 Å². The Bertz CT molecular complexity index is 10.3. The van der Waals surface area contributed by atoms with Gasteiger partial charge >= 0.3 is 0 Å². The second kappa shape index (κ2) is 8.87. The fraction of sp³-hybridized carbons (Fsp3) is 1.00. The summed E-state index contributed by atoms with van der Waals surface area (Å²) in [6, 6.07) is 0. The van der Waals surface area contributed by atoms with Crippen LogP contribution in [0.3, 0.4) is 0 Å². The fourth-order valence-electron chi connectivity index (χ4n) is 0. The maximum absolute atomic E-state index is 7.25. The van der Waals surface area contributed by atoms with E-state index in [1.165, 1.54) is 0 Å². The summed E-state index contributed by atoms with van der Waals surface area (Å²) in [7, 11) is 0.